The van der Waals surface area contributed by atoms with Gasteiger partial charge in [-0.25, -0.2) is 9.48 Å². The van der Waals surface area contributed by atoms with Crippen molar-refractivity contribution in [3.05, 3.63) is 46.9 Å². The molecule has 25 heavy (non-hydrogen) atoms. The lowest BCUT2D eigenvalue weighted by molar-refractivity contribution is -0.139. The number of ether oxygens (including phenoxy) is 1. The van der Waals surface area contributed by atoms with Crippen LogP contribution in [0.25, 0.3) is 0 Å². The minimum absolute atomic E-state index is 0.170. The summed E-state index contributed by atoms with van der Waals surface area (Å²) in [4.78, 5) is 17.1. The third kappa shape index (κ3) is 3.22. The van der Waals surface area contributed by atoms with Crippen molar-refractivity contribution in [1.29, 1.82) is 0 Å². The summed E-state index contributed by atoms with van der Waals surface area (Å²) >= 11 is 0. The van der Waals surface area contributed by atoms with Crippen molar-refractivity contribution in [3.63, 3.8) is 0 Å². The molecule has 2 aromatic rings. The van der Waals surface area contributed by atoms with E-state index in [2.05, 4.69) is 22.3 Å². The number of allylic oxidation sites excluding steroid dienone is 1. The quantitative estimate of drug-likeness (QED) is 0.812. The molecular weight excluding hydrogens is 320 g/mol. The van der Waals surface area contributed by atoms with Crippen molar-refractivity contribution >= 4 is 11.9 Å². The Bertz CT molecular complexity index is 808. The number of anilines is 1. The van der Waals surface area contributed by atoms with Crippen LogP contribution in [0.15, 0.2) is 35.5 Å². The highest BCUT2D eigenvalue weighted by molar-refractivity contribution is 5.92. The molecule has 0 bridgehead atoms. The van der Waals surface area contributed by atoms with E-state index in [0.29, 0.717) is 30.4 Å². The molecule has 0 fully saturated rings. The van der Waals surface area contributed by atoms with Gasteiger partial charge in [0, 0.05) is 5.70 Å². The molecule has 0 radical (unpaired) electrons. The molecule has 1 unspecified atom stereocenters. The zero-order valence-electron chi connectivity index (χ0n) is 14.6. The van der Waals surface area contributed by atoms with Crippen molar-refractivity contribution in [3.8, 4) is 5.75 Å². The molecule has 0 saturated carbocycles. The van der Waals surface area contributed by atoms with Crippen LogP contribution in [0.4, 0.5) is 5.95 Å². The lowest BCUT2D eigenvalue weighted by Gasteiger charge is -2.29. The smallest absolute Gasteiger partial charge is 0.338 e. The third-order valence-corrected chi connectivity index (χ3v) is 4.05. The van der Waals surface area contributed by atoms with Crippen LogP contribution in [0.5, 0.6) is 5.75 Å². The standard InChI is InChI=1S/C18H22N4O3/c1-4-6-14-15(17(24)25-5-2)16(12-7-9-13(23)10-8-12)22-18(20-14)19-11(3)21-22/h7-10,16,23H,4-6H2,1-3H3,(H,19,20,21). The second-order valence-corrected chi connectivity index (χ2v) is 5.91. The predicted molar refractivity (Wildman–Crippen MR) is 93.2 cm³/mol. The minimum atomic E-state index is -0.446. The zero-order valence-corrected chi connectivity index (χ0v) is 14.6. The lowest BCUT2D eigenvalue weighted by atomic mass is 9.94. The van der Waals surface area contributed by atoms with Gasteiger partial charge in [-0.1, -0.05) is 25.5 Å². The molecule has 3 rings (SSSR count). The molecule has 1 aliphatic heterocycles. The number of benzene rings is 1. The van der Waals surface area contributed by atoms with E-state index in [-0.39, 0.29) is 11.7 Å². The van der Waals surface area contributed by atoms with Crippen molar-refractivity contribution in [2.45, 2.75) is 39.7 Å². The van der Waals surface area contributed by atoms with Crippen molar-refractivity contribution in [2.75, 3.05) is 11.9 Å². The van der Waals surface area contributed by atoms with Gasteiger partial charge >= 0.3 is 5.97 Å². The maximum Gasteiger partial charge on any atom is 0.338 e. The summed E-state index contributed by atoms with van der Waals surface area (Å²) < 4.78 is 7.01. The SMILES string of the molecule is CCCC1=C(C(=O)OCC)C(c2ccc(O)cc2)n2nc(C)nc2N1. The number of phenolic OH excluding ortho intramolecular Hbond substituents is 1. The van der Waals surface area contributed by atoms with E-state index in [1.54, 1.807) is 35.9 Å². The molecule has 1 aliphatic rings. The average molecular weight is 342 g/mol. The Balaban J connectivity index is 2.18. The van der Waals surface area contributed by atoms with E-state index >= 15 is 0 Å². The number of phenols is 1. The van der Waals surface area contributed by atoms with Crippen LogP contribution >= 0.6 is 0 Å². The normalized spacial score (nSPS) is 16.4. The highest BCUT2D eigenvalue weighted by atomic mass is 16.5. The van der Waals surface area contributed by atoms with Gasteiger partial charge in [0.1, 0.15) is 17.6 Å². The Morgan fingerprint density at radius 1 is 1.32 bits per heavy atom. The number of hydrogen-bond donors (Lipinski definition) is 2. The highest BCUT2D eigenvalue weighted by Crippen LogP contribution is 2.37. The number of rotatable bonds is 5. The van der Waals surface area contributed by atoms with Gasteiger partial charge in [0.25, 0.3) is 0 Å². The first kappa shape index (κ1) is 17.0. The second kappa shape index (κ2) is 6.96. The number of aryl methyl sites for hydroxylation is 1. The maximum atomic E-state index is 12.7. The Morgan fingerprint density at radius 2 is 2.04 bits per heavy atom. The van der Waals surface area contributed by atoms with Crippen LogP contribution in [0.3, 0.4) is 0 Å². The molecule has 2 N–H and O–H groups in total. The van der Waals surface area contributed by atoms with Crippen LogP contribution < -0.4 is 5.32 Å². The van der Waals surface area contributed by atoms with Crippen LogP contribution in [-0.2, 0) is 9.53 Å². The van der Waals surface area contributed by atoms with E-state index in [0.717, 1.165) is 17.7 Å². The number of carbonyl (C=O) groups excluding carboxylic acids is 1. The summed E-state index contributed by atoms with van der Waals surface area (Å²) in [5.74, 6) is 1.03. The lowest BCUT2D eigenvalue weighted by Crippen LogP contribution is -2.30. The van der Waals surface area contributed by atoms with Gasteiger partial charge in [-0.05, 0) is 38.0 Å². The number of nitrogens with zero attached hydrogens (tertiary/aromatic N) is 3. The summed E-state index contributed by atoms with van der Waals surface area (Å²) in [6, 6.07) is 6.33. The van der Waals surface area contributed by atoms with Crippen LogP contribution in [0, 0.1) is 6.92 Å². The number of carbonyl (C=O) groups is 1. The molecule has 132 valence electrons. The molecule has 1 aromatic heterocycles. The molecule has 1 atom stereocenters. The van der Waals surface area contributed by atoms with E-state index < -0.39 is 6.04 Å². The van der Waals surface area contributed by atoms with Crippen molar-refractivity contribution < 1.29 is 14.6 Å². The first-order valence-electron chi connectivity index (χ1n) is 8.44. The predicted octanol–water partition coefficient (Wildman–Crippen LogP) is 2.92. The first-order chi connectivity index (χ1) is 12.0. The fourth-order valence-electron chi connectivity index (χ4n) is 3.04. The van der Waals surface area contributed by atoms with Gasteiger partial charge < -0.3 is 15.2 Å². The number of aromatic nitrogens is 3. The Labute approximate surface area is 146 Å². The topological polar surface area (TPSA) is 89.3 Å². The molecular formula is C18H22N4O3. The molecule has 1 aromatic carbocycles. The first-order valence-corrected chi connectivity index (χ1v) is 8.44. The molecule has 7 nitrogen and oxygen atoms in total. The molecule has 0 spiro atoms. The monoisotopic (exact) mass is 342 g/mol. The average Bonchev–Trinajstić information content (AvgIpc) is 2.95. The number of esters is 1. The van der Waals surface area contributed by atoms with Crippen molar-refractivity contribution in [2.24, 2.45) is 0 Å². The fraction of sp³-hybridized carbons (Fsp3) is 0.389. The van der Waals surface area contributed by atoms with Crippen LogP contribution in [-0.4, -0.2) is 32.4 Å². The number of aromatic hydroxyl groups is 1. The van der Waals surface area contributed by atoms with Gasteiger partial charge in [0.05, 0.1) is 12.2 Å². The zero-order chi connectivity index (χ0) is 18.0. The van der Waals surface area contributed by atoms with Crippen LogP contribution in [0.2, 0.25) is 0 Å². The van der Waals surface area contributed by atoms with E-state index in [1.807, 2.05) is 6.92 Å². The number of fused-ring (bicyclic) bond motifs is 1. The molecule has 0 aliphatic carbocycles. The molecule has 2 heterocycles. The molecule has 7 heteroatoms. The summed E-state index contributed by atoms with van der Waals surface area (Å²) in [6.45, 7) is 5.95. The van der Waals surface area contributed by atoms with E-state index in [9.17, 15) is 9.90 Å². The van der Waals surface area contributed by atoms with Crippen LogP contribution in [0.1, 0.15) is 44.1 Å². The second-order valence-electron chi connectivity index (χ2n) is 5.91. The maximum absolute atomic E-state index is 12.7. The Morgan fingerprint density at radius 3 is 2.68 bits per heavy atom. The van der Waals surface area contributed by atoms with Gasteiger partial charge in [0.15, 0.2) is 0 Å². The minimum Gasteiger partial charge on any atom is -0.508 e. The highest BCUT2D eigenvalue weighted by Gasteiger charge is 2.35. The Hall–Kier alpha value is -2.83. The van der Waals surface area contributed by atoms with Crippen molar-refractivity contribution in [1.82, 2.24) is 14.8 Å². The van der Waals surface area contributed by atoms with Gasteiger partial charge in [0.2, 0.25) is 5.95 Å². The van der Waals surface area contributed by atoms with Gasteiger partial charge in [-0.3, -0.25) is 0 Å². The summed E-state index contributed by atoms with van der Waals surface area (Å²) in [5.41, 5.74) is 2.17. The third-order valence-electron chi connectivity index (χ3n) is 4.05. The van der Waals surface area contributed by atoms with E-state index in [1.165, 1.54) is 0 Å². The van der Waals surface area contributed by atoms with Gasteiger partial charge in [-0.15, -0.1) is 0 Å². The van der Waals surface area contributed by atoms with Gasteiger partial charge in [-0.2, -0.15) is 10.1 Å². The van der Waals surface area contributed by atoms with E-state index in [4.69, 9.17) is 4.74 Å². The fourth-order valence-corrected chi connectivity index (χ4v) is 3.04. The molecule has 0 amide bonds. The number of hydrogen-bond acceptors (Lipinski definition) is 6. The molecule has 0 saturated heterocycles. The Kier molecular flexibility index (Phi) is 4.74. The number of nitrogens with one attached hydrogen (secondary N) is 1. The summed E-state index contributed by atoms with van der Waals surface area (Å²) in [5, 5.41) is 17.3. The summed E-state index contributed by atoms with van der Waals surface area (Å²) in [7, 11) is 0. The largest absolute Gasteiger partial charge is 0.508 e. The summed E-state index contributed by atoms with van der Waals surface area (Å²) in [6.07, 6.45) is 1.58.